The monoisotopic (exact) mass is 454 g/mol. The molecule has 0 bridgehead atoms. The number of ether oxygens (including phenoxy) is 1. The van der Waals surface area contributed by atoms with Gasteiger partial charge in [0.15, 0.2) is 0 Å². The number of hydrogen-bond acceptors (Lipinski definition) is 4. The molecule has 1 aliphatic heterocycles. The van der Waals surface area contributed by atoms with E-state index in [-0.39, 0.29) is 11.8 Å². The van der Waals surface area contributed by atoms with E-state index in [4.69, 9.17) is 4.74 Å². The number of nitrogens with zero attached hydrogens (tertiary/aromatic N) is 1. The van der Waals surface area contributed by atoms with Crippen LogP contribution >= 0.6 is 11.8 Å². The molecule has 0 aliphatic carbocycles. The Morgan fingerprint density at radius 2 is 1.70 bits per heavy atom. The van der Waals surface area contributed by atoms with Gasteiger partial charge in [0.1, 0.15) is 0 Å². The van der Waals surface area contributed by atoms with Gasteiger partial charge >= 0.3 is 0 Å². The van der Waals surface area contributed by atoms with Crippen LogP contribution in [-0.2, 0) is 4.74 Å². The summed E-state index contributed by atoms with van der Waals surface area (Å²) in [6, 6.07) is 26.9. The van der Waals surface area contributed by atoms with E-state index in [2.05, 4.69) is 5.32 Å². The summed E-state index contributed by atoms with van der Waals surface area (Å²) in [4.78, 5) is 29.7. The van der Waals surface area contributed by atoms with Gasteiger partial charge in [0, 0.05) is 34.7 Å². The molecule has 0 radical (unpaired) electrons. The number of rotatable bonds is 5. The predicted molar refractivity (Wildman–Crippen MR) is 132 cm³/mol. The van der Waals surface area contributed by atoms with Crippen molar-refractivity contribution in [2.24, 2.45) is 0 Å². The van der Waals surface area contributed by atoms with E-state index in [1.807, 2.05) is 84.9 Å². The third-order valence-electron chi connectivity index (χ3n) is 5.62. The van der Waals surface area contributed by atoms with Crippen molar-refractivity contribution in [3.8, 4) is 0 Å². The summed E-state index contributed by atoms with van der Waals surface area (Å²) < 4.78 is 5.23. The summed E-state index contributed by atoms with van der Waals surface area (Å²) in [6.45, 7) is 0.873. The van der Waals surface area contributed by atoms with E-state index in [0.29, 0.717) is 30.0 Å². The van der Waals surface area contributed by atoms with E-state index in [9.17, 15) is 9.59 Å². The Morgan fingerprint density at radius 1 is 0.909 bits per heavy atom. The molecule has 0 saturated carbocycles. The van der Waals surface area contributed by atoms with Gasteiger partial charge in [-0.3, -0.25) is 9.59 Å². The van der Waals surface area contributed by atoms with Crippen molar-refractivity contribution in [3.05, 3.63) is 96.1 Å². The van der Waals surface area contributed by atoms with Gasteiger partial charge in [0.25, 0.3) is 11.8 Å². The summed E-state index contributed by atoms with van der Waals surface area (Å²) in [5, 5.41) is 5.12. The SMILES string of the molecule is COCCN1C(=O)c2ccccc2Sc2cc(NC(=O)c3ccc4ccccc4c3)ccc21. The Morgan fingerprint density at radius 3 is 2.55 bits per heavy atom. The molecule has 0 spiro atoms. The number of fused-ring (bicyclic) bond motifs is 3. The van der Waals surface area contributed by atoms with E-state index in [0.717, 1.165) is 26.3 Å². The third-order valence-corrected chi connectivity index (χ3v) is 6.74. The number of amides is 2. The molecule has 2 amide bonds. The highest BCUT2D eigenvalue weighted by molar-refractivity contribution is 7.99. The van der Waals surface area contributed by atoms with Crippen molar-refractivity contribution >= 4 is 45.7 Å². The number of carbonyl (C=O) groups excluding carboxylic acids is 2. The molecule has 0 unspecified atom stereocenters. The zero-order chi connectivity index (χ0) is 22.8. The number of methoxy groups -OCH3 is 1. The zero-order valence-corrected chi connectivity index (χ0v) is 18.9. The lowest BCUT2D eigenvalue weighted by Crippen LogP contribution is -2.33. The quantitative estimate of drug-likeness (QED) is 0.411. The van der Waals surface area contributed by atoms with E-state index >= 15 is 0 Å². The van der Waals surface area contributed by atoms with Gasteiger partial charge in [0.2, 0.25) is 0 Å². The van der Waals surface area contributed by atoms with Gasteiger partial charge in [-0.2, -0.15) is 0 Å². The van der Waals surface area contributed by atoms with Crippen LogP contribution in [-0.4, -0.2) is 32.1 Å². The molecule has 1 N–H and O–H groups in total. The maximum Gasteiger partial charge on any atom is 0.259 e. The van der Waals surface area contributed by atoms with Crippen LogP contribution in [0.25, 0.3) is 10.8 Å². The average molecular weight is 455 g/mol. The van der Waals surface area contributed by atoms with Crippen LogP contribution in [0, 0.1) is 0 Å². The summed E-state index contributed by atoms with van der Waals surface area (Å²) >= 11 is 1.53. The van der Waals surface area contributed by atoms with Crippen molar-refractivity contribution in [1.29, 1.82) is 0 Å². The fraction of sp³-hybridized carbons (Fsp3) is 0.111. The minimum Gasteiger partial charge on any atom is -0.383 e. The fourth-order valence-electron chi connectivity index (χ4n) is 3.94. The van der Waals surface area contributed by atoms with Crippen molar-refractivity contribution in [2.75, 3.05) is 30.5 Å². The van der Waals surface area contributed by atoms with Crippen molar-refractivity contribution in [2.45, 2.75) is 9.79 Å². The maximum atomic E-state index is 13.2. The number of hydrogen-bond donors (Lipinski definition) is 1. The number of anilines is 2. The van der Waals surface area contributed by atoms with Gasteiger partial charge in [0.05, 0.1) is 17.9 Å². The zero-order valence-electron chi connectivity index (χ0n) is 18.1. The molecule has 0 fully saturated rings. The maximum absolute atomic E-state index is 13.2. The summed E-state index contributed by atoms with van der Waals surface area (Å²) in [6.07, 6.45) is 0. The molecule has 1 heterocycles. The van der Waals surface area contributed by atoms with Crippen molar-refractivity contribution < 1.29 is 14.3 Å². The summed E-state index contributed by atoms with van der Waals surface area (Å²) in [5.41, 5.74) is 2.75. The Labute approximate surface area is 196 Å². The molecule has 4 aromatic carbocycles. The summed E-state index contributed by atoms with van der Waals surface area (Å²) in [7, 11) is 1.62. The van der Waals surface area contributed by atoms with Crippen LogP contribution in [0.3, 0.4) is 0 Å². The van der Waals surface area contributed by atoms with Crippen LogP contribution in [0.1, 0.15) is 20.7 Å². The fourth-order valence-corrected chi connectivity index (χ4v) is 5.06. The average Bonchev–Trinajstić information content (AvgIpc) is 2.96. The first-order chi connectivity index (χ1) is 16.1. The first-order valence-electron chi connectivity index (χ1n) is 10.7. The lowest BCUT2D eigenvalue weighted by Gasteiger charge is -2.23. The second-order valence-electron chi connectivity index (χ2n) is 7.75. The lowest BCUT2D eigenvalue weighted by atomic mass is 10.1. The predicted octanol–water partition coefficient (Wildman–Crippen LogP) is 5.85. The molecule has 5 rings (SSSR count). The van der Waals surface area contributed by atoms with Crippen LogP contribution in [0.4, 0.5) is 11.4 Å². The smallest absolute Gasteiger partial charge is 0.259 e. The highest BCUT2D eigenvalue weighted by Crippen LogP contribution is 2.42. The van der Waals surface area contributed by atoms with E-state index < -0.39 is 0 Å². The second kappa shape index (κ2) is 9.10. The van der Waals surface area contributed by atoms with Crippen LogP contribution in [0.15, 0.2) is 94.7 Å². The number of nitrogens with one attached hydrogen (secondary N) is 1. The minimum atomic E-state index is -0.174. The molecule has 0 saturated heterocycles. The molecule has 33 heavy (non-hydrogen) atoms. The van der Waals surface area contributed by atoms with Crippen molar-refractivity contribution in [1.82, 2.24) is 0 Å². The molecule has 1 aliphatic rings. The van der Waals surface area contributed by atoms with Gasteiger partial charge in [-0.05, 0) is 53.2 Å². The first-order valence-corrected chi connectivity index (χ1v) is 11.5. The largest absolute Gasteiger partial charge is 0.383 e. The third kappa shape index (κ3) is 4.23. The first kappa shape index (κ1) is 21.2. The highest BCUT2D eigenvalue weighted by atomic mass is 32.2. The van der Waals surface area contributed by atoms with Crippen LogP contribution in [0.2, 0.25) is 0 Å². The highest BCUT2D eigenvalue weighted by Gasteiger charge is 2.27. The van der Waals surface area contributed by atoms with Gasteiger partial charge in [-0.15, -0.1) is 0 Å². The van der Waals surface area contributed by atoms with E-state index in [1.165, 1.54) is 11.8 Å². The number of benzene rings is 4. The molecular formula is C27H22N2O3S. The summed E-state index contributed by atoms with van der Waals surface area (Å²) in [5.74, 6) is -0.228. The molecule has 4 aromatic rings. The van der Waals surface area contributed by atoms with Gasteiger partial charge in [-0.1, -0.05) is 54.2 Å². The molecule has 164 valence electrons. The lowest BCUT2D eigenvalue weighted by molar-refractivity contribution is 0.0972. The second-order valence-corrected chi connectivity index (χ2v) is 8.83. The normalized spacial score (nSPS) is 12.8. The molecule has 5 nitrogen and oxygen atoms in total. The van der Waals surface area contributed by atoms with Gasteiger partial charge < -0.3 is 15.0 Å². The van der Waals surface area contributed by atoms with Gasteiger partial charge in [-0.25, -0.2) is 0 Å². The Balaban J connectivity index is 1.47. The molecule has 0 atom stereocenters. The van der Waals surface area contributed by atoms with Crippen molar-refractivity contribution in [3.63, 3.8) is 0 Å². The Kier molecular flexibility index (Phi) is 5.86. The minimum absolute atomic E-state index is 0.0538. The number of carbonyl (C=O) groups is 2. The van der Waals surface area contributed by atoms with Crippen LogP contribution < -0.4 is 10.2 Å². The molecule has 6 heteroatoms. The molecular weight excluding hydrogens is 432 g/mol. The molecule has 0 aromatic heterocycles. The standard InChI is InChI=1S/C27H22N2O3S/c1-32-15-14-29-23-13-12-21(17-25(23)33-24-9-5-4-8-22(24)27(29)31)28-26(30)20-11-10-18-6-2-3-7-19(18)16-20/h2-13,16-17H,14-15H2,1H3,(H,28,30). The topological polar surface area (TPSA) is 58.6 Å². The Hall–Kier alpha value is -3.61. The van der Waals surface area contributed by atoms with Crippen LogP contribution in [0.5, 0.6) is 0 Å². The Bertz CT molecular complexity index is 1370. The van der Waals surface area contributed by atoms with E-state index in [1.54, 1.807) is 12.0 Å².